The number of benzene rings is 1. The first-order chi connectivity index (χ1) is 8.88. The summed E-state index contributed by atoms with van der Waals surface area (Å²) >= 11 is 0. The first-order valence-electron chi connectivity index (χ1n) is 6.71. The van der Waals surface area contributed by atoms with Crippen LogP contribution in [-0.2, 0) is 16.6 Å². The maximum absolute atomic E-state index is 12.4. The summed E-state index contributed by atoms with van der Waals surface area (Å²) in [7, 11) is -3.41. The standard InChI is InChI=1S/C14H22N2O2S/c1-4-15-10-12-6-5-7-13(11(12)2)19(17,18)16-14(3)8-9-14/h5-7,15-16H,4,8-10H2,1-3H3. The molecular formula is C14H22N2O2S. The summed E-state index contributed by atoms with van der Waals surface area (Å²) in [4.78, 5) is 0.399. The molecule has 0 aliphatic heterocycles. The molecule has 1 aromatic rings. The van der Waals surface area contributed by atoms with Crippen LogP contribution in [0, 0.1) is 6.92 Å². The van der Waals surface area contributed by atoms with Gasteiger partial charge in [0, 0.05) is 12.1 Å². The van der Waals surface area contributed by atoms with E-state index in [1.807, 2.05) is 32.9 Å². The van der Waals surface area contributed by atoms with Crippen molar-refractivity contribution in [2.45, 2.75) is 50.6 Å². The van der Waals surface area contributed by atoms with Gasteiger partial charge in [-0.3, -0.25) is 0 Å². The number of nitrogens with one attached hydrogen (secondary N) is 2. The second-order valence-electron chi connectivity index (χ2n) is 5.49. The molecule has 1 aromatic carbocycles. The van der Waals surface area contributed by atoms with E-state index in [4.69, 9.17) is 0 Å². The smallest absolute Gasteiger partial charge is 0.241 e. The van der Waals surface area contributed by atoms with E-state index in [0.717, 1.165) is 30.5 Å². The van der Waals surface area contributed by atoms with Crippen LogP contribution in [0.4, 0.5) is 0 Å². The van der Waals surface area contributed by atoms with Crippen molar-refractivity contribution in [3.05, 3.63) is 29.3 Å². The second kappa shape index (κ2) is 5.23. The lowest BCUT2D eigenvalue weighted by Crippen LogP contribution is -2.34. The Bertz CT molecular complexity index is 563. The van der Waals surface area contributed by atoms with Crippen molar-refractivity contribution >= 4 is 10.0 Å². The summed E-state index contributed by atoms with van der Waals surface area (Å²) in [6, 6.07) is 5.46. The van der Waals surface area contributed by atoms with Gasteiger partial charge in [-0.05, 0) is 50.4 Å². The lowest BCUT2D eigenvalue weighted by molar-refractivity contribution is 0.557. The molecular weight excluding hydrogens is 260 g/mol. The molecule has 106 valence electrons. The highest BCUT2D eigenvalue weighted by Gasteiger charge is 2.41. The van der Waals surface area contributed by atoms with E-state index in [-0.39, 0.29) is 5.54 Å². The monoisotopic (exact) mass is 282 g/mol. The number of hydrogen-bond donors (Lipinski definition) is 2. The van der Waals surface area contributed by atoms with Gasteiger partial charge in [0.05, 0.1) is 4.90 Å². The zero-order valence-corrected chi connectivity index (χ0v) is 12.6. The summed E-state index contributed by atoms with van der Waals surface area (Å²) in [5, 5.41) is 3.23. The van der Waals surface area contributed by atoms with Crippen molar-refractivity contribution in [1.82, 2.24) is 10.0 Å². The molecule has 0 amide bonds. The summed E-state index contributed by atoms with van der Waals surface area (Å²) in [5.74, 6) is 0. The molecule has 2 rings (SSSR count). The molecule has 0 heterocycles. The Morgan fingerprint density at radius 2 is 2.00 bits per heavy atom. The highest BCUT2D eigenvalue weighted by molar-refractivity contribution is 7.89. The second-order valence-corrected chi connectivity index (χ2v) is 7.14. The fourth-order valence-electron chi connectivity index (χ4n) is 2.07. The molecule has 4 nitrogen and oxygen atoms in total. The van der Waals surface area contributed by atoms with Gasteiger partial charge in [0.25, 0.3) is 0 Å². The Kier molecular flexibility index (Phi) is 3.99. The molecule has 0 atom stereocenters. The van der Waals surface area contributed by atoms with Crippen molar-refractivity contribution in [3.8, 4) is 0 Å². The number of rotatable bonds is 6. The van der Waals surface area contributed by atoms with Gasteiger partial charge in [-0.15, -0.1) is 0 Å². The highest BCUT2D eigenvalue weighted by Crippen LogP contribution is 2.36. The number of sulfonamides is 1. The SMILES string of the molecule is CCNCc1cccc(S(=O)(=O)NC2(C)CC2)c1C. The van der Waals surface area contributed by atoms with E-state index < -0.39 is 10.0 Å². The molecule has 2 N–H and O–H groups in total. The minimum absolute atomic E-state index is 0.233. The first kappa shape index (κ1) is 14.5. The number of hydrogen-bond acceptors (Lipinski definition) is 3. The lowest BCUT2D eigenvalue weighted by Gasteiger charge is -2.16. The van der Waals surface area contributed by atoms with Crippen LogP contribution < -0.4 is 10.0 Å². The van der Waals surface area contributed by atoms with Crippen LogP contribution in [0.5, 0.6) is 0 Å². The van der Waals surface area contributed by atoms with E-state index in [1.54, 1.807) is 6.07 Å². The van der Waals surface area contributed by atoms with E-state index >= 15 is 0 Å². The van der Waals surface area contributed by atoms with Crippen LogP contribution in [0.25, 0.3) is 0 Å². The average molecular weight is 282 g/mol. The van der Waals surface area contributed by atoms with Crippen molar-refractivity contribution < 1.29 is 8.42 Å². The van der Waals surface area contributed by atoms with Crippen molar-refractivity contribution in [3.63, 3.8) is 0 Å². The molecule has 1 aliphatic carbocycles. The molecule has 0 bridgehead atoms. The van der Waals surface area contributed by atoms with Crippen molar-refractivity contribution in [2.75, 3.05) is 6.54 Å². The van der Waals surface area contributed by atoms with Gasteiger partial charge in [-0.25, -0.2) is 13.1 Å². The van der Waals surface area contributed by atoms with Gasteiger partial charge in [0.15, 0.2) is 0 Å². The molecule has 0 spiro atoms. The minimum Gasteiger partial charge on any atom is -0.313 e. The molecule has 1 aliphatic rings. The maximum Gasteiger partial charge on any atom is 0.241 e. The van der Waals surface area contributed by atoms with Gasteiger partial charge < -0.3 is 5.32 Å². The zero-order valence-electron chi connectivity index (χ0n) is 11.8. The molecule has 19 heavy (non-hydrogen) atoms. The average Bonchev–Trinajstić information content (AvgIpc) is 3.04. The zero-order chi connectivity index (χ0) is 14.1. The van der Waals surface area contributed by atoms with Crippen LogP contribution in [0.2, 0.25) is 0 Å². The molecule has 0 radical (unpaired) electrons. The van der Waals surface area contributed by atoms with Gasteiger partial charge in [-0.1, -0.05) is 19.1 Å². The molecule has 1 fully saturated rings. The van der Waals surface area contributed by atoms with Crippen LogP contribution in [-0.4, -0.2) is 20.5 Å². The third-order valence-electron chi connectivity index (χ3n) is 3.63. The van der Waals surface area contributed by atoms with Crippen LogP contribution in [0.15, 0.2) is 23.1 Å². The highest BCUT2D eigenvalue weighted by atomic mass is 32.2. The third-order valence-corrected chi connectivity index (χ3v) is 5.41. The maximum atomic E-state index is 12.4. The fourth-order valence-corrected chi connectivity index (χ4v) is 3.83. The molecule has 0 aromatic heterocycles. The predicted octanol–water partition coefficient (Wildman–Crippen LogP) is 1.94. The Hall–Kier alpha value is -0.910. The Labute approximate surface area is 115 Å². The van der Waals surface area contributed by atoms with E-state index in [2.05, 4.69) is 10.0 Å². The molecule has 5 heteroatoms. The van der Waals surface area contributed by atoms with Crippen LogP contribution in [0.1, 0.15) is 37.8 Å². The van der Waals surface area contributed by atoms with Gasteiger partial charge in [-0.2, -0.15) is 0 Å². The first-order valence-corrected chi connectivity index (χ1v) is 8.19. The summed E-state index contributed by atoms with van der Waals surface area (Å²) in [5.41, 5.74) is 1.63. The summed E-state index contributed by atoms with van der Waals surface area (Å²) in [6.45, 7) is 7.42. The van der Waals surface area contributed by atoms with Crippen molar-refractivity contribution in [1.29, 1.82) is 0 Å². The Morgan fingerprint density at radius 3 is 2.58 bits per heavy atom. The molecule has 0 saturated heterocycles. The van der Waals surface area contributed by atoms with Crippen LogP contribution >= 0.6 is 0 Å². The topological polar surface area (TPSA) is 58.2 Å². The Balaban J connectivity index is 2.28. The van der Waals surface area contributed by atoms with Gasteiger partial charge in [0.2, 0.25) is 10.0 Å². The van der Waals surface area contributed by atoms with Crippen LogP contribution in [0.3, 0.4) is 0 Å². The normalized spacial score (nSPS) is 17.4. The predicted molar refractivity (Wildman–Crippen MR) is 76.5 cm³/mol. The minimum atomic E-state index is -3.41. The lowest BCUT2D eigenvalue weighted by atomic mass is 10.1. The van der Waals surface area contributed by atoms with Crippen molar-refractivity contribution in [2.24, 2.45) is 0 Å². The van der Waals surface area contributed by atoms with E-state index in [9.17, 15) is 8.42 Å². The third kappa shape index (κ3) is 3.35. The fraction of sp³-hybridized carbons (Fsp3) is 0.571. The van der Waals surface area contributed by atoms with E-state index in [1.165, 1.54) is 0 Å². The molecule has 0 unspecified atom stereocenters. The molecule has 1 saturated carbocycles. The summed E-state index contributed by atoms with van der Waals surface area (Å²) in [6.07, 6.45) is 1.84. The largest absolute Gasteiger partial charge is 0.313 e. The van der Waals surface area contributed by atoms with Gasteiger partial charge in [0.1, 0.15) is 0 Å². The summed E-state index contributed by atoms with van der Waals surface area (Å²) < 4.78 is 27.6. The van der Waals surface area contributed by atoms with E-state index in [0.29, 0.717) is 11.4 Å². The Morgan fingerprint density at radius 1 is 1.32 bits per heavy atom. The quantitative estimate of drug-likeness (QED) is 0.838. The van der Waals surface area contributed by atoms with Gasteiger partial charge >= 0.3 is 0 Å².